The third kappa shape index (κ3) is 2.65. The fraction of sp³-hybridized carbons (Fsp3) is 0.444. The molecule has 2 aromatic rings. The van der Waals surface area contributed by atoms with Crippen molar-refractivity contribution in [1.29, 1.82) is 0 Å². The van der Waals surface area contributed by atoms with Crippen LogP contribution in [0.25, 0.3) is 11.5 Å². The molecule has 1 amide bonds. The first-order chi connectivity index (χ1) is 11.2. The highest BCUT2D eigenvalue weighted by molar-refractivity contribution is 5.91. The second kappa shape index (κ2) is 5.81. The first kappa shape index (κ1) is 14.5. The Labute approximate surface area is 135 Å². The van der Waals surface area contributed by atoms with Crippen molar-refractivity contribution < 1.29 is 9.21 Å². The maximum absolute atomic E-state index is 12.5. The van der Waals surface area contributed by atoms with E-state index < -0.39 is 0 Å². The Morgan fingerprint density at radius 1 is 1.26 bits per heavy atom. The molecular weight excluding hydrogens is 290 g/mol. The summed E-state index contributed by atoms with van der Waals surface area (Å²) in [4.78, 5) is 19.2. The lowest BCUT2D eigenvalue weighted by molar-refractivity contribution is 0.0211. The maximum atomic E-state index is 12.5. The van der Waals surface area contributed by atoms with Crippen molar-refractivity contribution in [2.24, 2.45) is 5.92 Å². The molecule has 5 heteroatoms. The number of hydrogen-bond acceptors (Lipinski definition) is 4. The topological polar surface area (TPSA) is 58.4 Å². The Hall–Kier alpha value is -2.14. The van der Waals surface area contributed by atoms with Crippen LogP contribution in [0.3, 0.4) is 0 Å². The van der Waals surface area contributed by atoms with Crippen LogP contribution in [0.15, 0.2) is 40.9 Å². The lowest BCUT2D eigenvalue weighted by Crippen LogP contribution is -2.62. The van der Waals surface area contributed by atoms with E-state index in [2.05, 4.69) is 22.1 Å². The van der Waals surface area contributed by atoms with Gasteiger partial charge in [0.15, 0.2) is 0 Å². The van der Waals surface area contributed by atoms with Crippen LogP contribution in [0.2, 0.25) is 0 Å². The molecule has 1 aromatic heterocycles. The van der Waals surface area contributed by atoms with Crippen LogP contribution in [-0.4, -0.2) is 41.0 Å². The summed E-state index contributed by atoms with van der Waals surface area (Å²) in [6.07, 6.45) is 3.85. The van der Waals surface area contributed by atoms with Crippen LogP contribution in [0.1, 0.15) is 30.3 Å². The molecule has 0 spiro atoms. The van der Waals surface area contributed by atoms with Gasteiger partial charge in [-0.15, -0.1) is 0 Å². The summed E-state index contributed by atoms with van der Waals surface area (Å²) in [5, 5.41) is 3.17. The molecule has 1 N–H and O–H groups in total. The largest absolute Gasteiger partial charge is 0.431 e. The number of fused-ring (bicyclic) bond motifs is 3. The van der Waals surface area contributed by atoms with Crippen molar-refractivity contribution in [3.63, 3.8) is 0 Å². The molecule has 2 atom stereocenters. The minimum Gasteiger partial charge on any atom is -0.431 e. The molecule has 2 unspecified atom stereocenters. The van der Waals surface area contributed by atoms with Crippen LogP contribution < -0.4 is 5.32 Å². The molecule has 1 aromatic carbocycles. The fourth-order valence-corrected chi connectivity index (χ4v) is 3.86. The number of benzene rings is 1. The van der Waals surface area contributed by atoms with Crippen LogP contribution in [-0.2, 0) is 0 Å². The molecule has 0 saturated carbocycles. The van der Waals surface area contributed by atoms with Crippen LogP contribution >= 0.6 is 0 Å². The number of rotatable bonds is 3. The number of oxazole rings is 1. The Bertz CT molecular complexity index is 687. The van der Waals surface area contributed by atoms with Crippen molar-refractivity contribution in [3.05, 3.63) is 42.3 Å². The van der Waals surface area contributed by atoms with Crippen LogP contribution in [0.4, 0.5) is 0 Å². The molecule has 3 saturated heterocycles. The number of aromatic nitrogens is 1. The Morgan fingerprint density at radius 2 is 2.00 bits per heavy atom. The third-order valence-corrected chi connectivity index (χ3v) is 5.23. The monoisotopic (exact) mass is 311 g/mol. The highest BCUT2D eigenvalue weighted by Gasteiger charge is 2.40. The lowest BCUT2D eigenvalue weighted by atomic mass is 9.79. The minimum atomic E-state index is -0.162. The van der Waals surface area contributed by atoms with E-state index in [1.807, 2.05) is 30.3 Å². The molecule has 3 aliphatic heterocycles. The lowest BCUT2D eigenvalue weighted by Gasteiger charge is -2.49. The summed E-state index contributed by atoms with van der Waals surface area (Å²) in [6, 6.07) is 10.2. The van der Waals surface area contributed by atoms with Crippen molar-refractivity contribution in [2.45, 2.75) is 31.8 Å². The number of carbonyl (C=O) groups excluding carboxylic acids is 1. The van der Waals surface area contributed by atoms with E-state index in [1.165, 1.54) is 19.0 Å². The van der Waals surface area contributed by atoms with Crippen molar-refractivity contribution in [2.75, 3.05) is 13.1 Å². The second-order valence-electron chi connectivity index (χ2n) is 6.51. The Morgan fingerprint density at radius 3 is 2.70 bits per heavy atom. The SMILES string of the molecule is CC1C(NC(=O)c2cnc(-c3ccccc3)o2)C2CCN1CC2. The third-order valence-electron chi connectivity index (χ3n) is 5.23. The van der Waals surface area contributed by atoms with Gasteiger partial charge in [0.05, 0.1) is 6.20 Å². The zero-order valence-corrected chi connectivity index (χ0v) is 13.2. The zero-order valence-electron chi connectivity index (χ0n) is 13.2. The molecule has 2 bridgehead atoms. The van der Waals surface area contributed by atoms with Gasteiger partial charge in [0.25, 0.3) is 5.91 Å². The summed E-state index contributed by atoms with van der Waals surface area (Å²) in [5.41, 5.74) is 0.878. The molecule has 5 rings (SSSR count). The molecule has 5 nitrogen and oxygen atoms in total. The first-order valence-electron chi connectivity index (χ1n) is 8.28. The number of nitrogens with one attached hydrogen (secondary N) is 1. The number of amides is 1. The number of nitrogens with zero attached hydrogens (tertiary/aromatic N) is 2. The fourth-order valence-electron chi connectivity index (χ4n) is 3.86. The average Bonchev–Trinajstić information content (AvgIpc) is 3.09. The Kier molecular flexibility index (Phi) is 3.65. The van der Waals surface area contributed by atoms with Gasteiger partial charge in [0.1, 0.15) is 0 Å². The van der Waals surface area contributed by atoms with Crippen molar-refractivity contribution in [1.82, 2.24) is 15.2 Å². The number of carbonyl (C=O) groups is 1. The van der Waals surface area contributed by atoms with Gasteiger partial charge in [-0.1, -0.05) is 18.2 Å². The van der Waals surface area contributed by atoms with Crippen molar-refractivity contribution in [3.8, 4) is 11.5 Å². The standard InChI is InChI=1S/C18H21N3O2/c1-12-16(13-7-9-21(12)10-8-13)20-17(22)15-11-19-18(23-15)14-5-3-2-4-6-14/h2-6,11-13,16H,7-10H2,1H3,(H,20,22). The van der Waals surface area contributed by atoms with Crippen molar-refractivity contribution >= 4 is 5.91 Å². The average molecular weight is 311 g/mol. The van der Waals surface area contributed by atoms with Crippen LogP contribution in [0, 0.1) is 5.92 Å². The molecule has 0 radical (unpaired) electrons. The highest BCUT2D eigenvalue weighted by Crippen LogP contribution is 2.32. The normalized spacial score (nSPS) is 29.4. The molecule has 120 valence electrons. The Balaban J connectivity index is 1.49. The van der Waals surface area contributed by atoms with Gasteiger partial charge in [-0.25, -0.2) is 4.98 Å². The summed E-state index contributed by atoms with van der Waals surface area (Å²) in [6.45, 7) is 4.50. The number of hydrogen-bond donors (Lipinski definition) is 1. The van der Waals surface area contributed by atoms with Gasteiger partial charge in [-0.05, 0) is 50.9 Å². The van der Waals surface area contributed by atoms with E-state index in [0.29, 0.717) is 17.9 Å². The van der Waals surface area contributed by atoms with E-state index in [9.17, 15) is 4.79 Å². The van der Waals surface area contributed by atoms with E-state index in [-0.39, 0.29) is 17.7 Å². The summed E-state index contributed by atoms with van der Waals surface area (Å²) >= 11 is 0. The molecule has 4 heterocycles. The van der Waals surface area contributed by atoms with E-state index in [4.69, 9.17) is 4.42 Å². The number of piperidine rings is 3. The summed E-state index contributed by atoms with van der Waals surface area (Å²) in [5.74, 6) is 1.19. The quantitative estimate of drug-likeness (QED) is 0.946. The van der Waals surface area contributed by atoms with Gasteiger partial charge in [0.2, 0.25) is 11.7 Å². The van der Waals surface area contributed by atoms with Gasteiger partial charge in [0, 0.05) is 17.6 Å². The molecule has 3 fully saturated rings. The van der Waals surface area contributed by atoms with Gasteiger partial charge in [-0.3, -0.25) is 9.69 Å². The summed E-state index contributed by atoms with van der Waals surface area (Å²) in [7, 11) is 0. The molecule has 0 aliphatic carbocycles. The minimum absolute atomic E-state index is 0.162. The highest BCUT2D eigenvalue weighted by atomic mass is 16.4. The van der Waals surface area contributed by atoms with E-state index in [1.54, 1.807) is 0 Å². The maximum Gasteiger partial charge on any atom is 0.289 e. The second-order valence-corrected chi connectivity index (χ2v) is 6.51. The van der Waals surface area contributed by atoms with Gasteiger partial charge in [-0.2, -0.15) is 0 Å². The molecular formula is C18H21N3O2. The summed E-state index contributed by atoms with van der Waals surface area (Å²) < 4.78 is 5.65. The smallest absolute Gasteiger partial charge is 0.289 e. The van der Waals surface area contributed by atoms with E-state index in [0.717, 1.165) is 18.7 Å². The molecule has 3 aliphatic rings. The van der Waals surface area contributed by atoms with Gasteiger partial charge >= 0.3 is 0 Å². The van der Waals surface area contributed by atoms with Gasteiger partial charge < -0.3 is 9.73 Å². The van der Waals surface area contributed by atoms with Crippen LogP contribution in [0.5, 0.6) is 0 Å². The zero-order chi connectivity index (χ0) is 15.8. The molecule has 23 heavy (non-hydrogen) atoms. The van der Waals surface area contributed by atoms with E-state index >= 15 is 0 Å². The predicted octanol–water partition coefficient (Wildman–Crippen LogP) is 2.55. The first-order valence-corrected chi connectivity index (χ1v) is 8.28. The predicted molar refractivity (Wildman–Crippen MR) is 87.0 cm³/mol.